The van der Waals surface area contributed by atoms with E-state index in [0.717, 1.165) is 0 Å². The molecule has 0 saturated heterocycles. The Balaban J connectivity index is 2.80. The molecule has 0 aliphatic rings. The van der Waals surface area contributed by atoms with E-state index in [4.69, 9.17) is 5.73 Å². The molecule has 1 aromatic heterocycles. The van der Waals surface area contributed by atoms with Crippen molar-refractivity contribution >= 4 is 9.84 Å². The van der Waals surface area contributed by atoms with E-state index in [1.54, 1.807) is 11.6 Å². The van der Waals surface area contributed by atoms with Gasteiger partial charge < -0.3 is 5.73 Å². The third kappa shape index (κ3) is 3.02. The van der Waals surface area contributed by atoms with Crippen molar-refractivity contribution in [3.8, 4) is 0 Å². The highest BCUT2D eigenvalue weighted by atomic mass is 32.2. The van der Waals surface area contributed by atoms with Gasteiger partial charge in [-0.15, -0.1) is 0 Å². The molecule has 0 saturated carbocycles. The molecule has 92 valence electrons. The summed E-state index contributed by atoms with van der Waals surface area (Å²) in [7, 11) is -3.18. The van der Waals surface area contributed by atoms with E-state index in [1.807, 2.05) is 6.92 Å². The minimum absolute atomic E-state index is 0.0675. The van der Waals surface area contributed by atoms with Crippen LogP contribution in [0.5, 0.6) is 0 Å². The number of aromatic nitrogens is 3. The molecule has 1 heterocycles. The van der Waals surface area contributed by atoms with Gasteiger partial charge in [-0.1, -0.05) is 0 Å². The molecule has 7 heteroatoms. The van der Waals surface area contributed by atoms with E-state index >= 15 is 0 Å². The van der Waals surface area contributed by atoms with Gasteiger partial charge in [0.05, 0.1) is 5.25 Å². The summed E-state index contributed by atoms with van der Waals surface area (Å²) >= 11 is 0. The quantitative estimate of drug-likeness (QED) is 0.760. The number of nitrogens with zero attached hydrogens (tertiary/aromatic N) is 3. The Bertz CT molecular complexity index is 426. The van der Waals surface area contributed by atoms with Gasteiger partial charge in [0.2, 0.25) is 0 Å². The molecule has 0 aliphatic heterocycles. The van der Waals surface area contributed by atoms with E-state index in [9.17, 15) is 8.42 Å². The number of hydrogen-bond donors (Lipinski definition) is 1. The highest BCUT2D eigenvalue weighted by molar-refractivity contribution is 7.91. The van der Waals surface area contributed by atoms with Crippen LogP contribution < -0.4 is 5.73 Å². The van der Waals surface area contributed by atoms with Gasteiger partial charge in [-0.3, -0.25) is 0 Å². The third-order valence-electron chi connectivity index (χ3n) is 2.51. The van der Waals surface area contributed by atoms with Crippen LogP contribution in [0.3, 0.4) is 0 Å². The fourth-order valence-electron chi connectivity index (χ4n) is 1.40. The minimum atomic E-state index is -3.18. The highest BCUT2D eigenvalue weighted by Gasteiger charge is 2.22. The van der Waals surface area contributed by atoms with Gasteiger partial charge >= 0.3 is 0 Å². The molecule has 1 aromatic rings. The molecule has 0 spiro atoms. The zero-order chi connectivity index (χ0) is 12.2. The molecule has 2 N–H and O–H groups in total. The number of aryl methyl sites for hydroxylation is 1. The van der Waals surface area contributed by atoms with Crippen LogP contribution in [-0.2, 0) is 22.1 Å². The Hall–Kier alpha value is -0.950. The monoisotopic (exact) mass is 246 g/mol. The molecule has 0 amide bonds. The Morgan fingerprint density at radius 2 is 2.25 bits per heavy atom. The predicted molar refractivity (Wildman–Crippen MR) is 61.5 cm³/mol. The Morgan fingerprint density at radius 1 is 1.56 bits per heavy atom. The van der Waals surface area contributed by atoms with Crippen LogP contribution in [0.4, 0.5) is 0 Å². The summed E-state index contributed by atoms with van der Waals surface area (Å²) in [5.41, 5.74) is 5.36. The van der Waals surface area contributed by atoms with Crippen molar-refractivity contribution < 1.29 is 8.42 Å². The standard InChI is InChI=1S/C9H18N4O2S/c1-3-13-9(11-7-12-13)6-16(14,15)8(2)4-5-10/h7-8H,3-6,10H2,1-2H3. The largest absolute Gasteiger partial charge is 0.330 e. The predicted octanol–water partition coefficient (Wildman–Crippen LogP) is -0.0499. The highest BCUT2D eigenvalue weighted by Crippen LogP contribution is 2.11. The van der Waals surface area contributed by atoms with Crippen LogP contribution in [0.25, 0.3) is 0 Å². The maximum absolute atomic E-state index is 11.9. The molecule has 0 fully saturated rings. The lowest BCUT2D eigenvalue weighted by atomic mass is 10.3. The minimum Gasteiger partial charge on any atom is -0.330 e. The van der Waals surface area contributed by atoms with E-state index < -0.39 is 15.1 Å². The molecule has 6 nitrogen and oxygen atoms in total. The van der Waals surface area contributed by atoms with Crippen molar-refractivity contribution in [3.05, 3.63) is 12.2 Å². The van der Waals surface area contributed by atoms with Gasteiger partial charge in [-0.05, 0) is 26.8 Å². The number of sulfone groups is 1. The second-order valence-corrected chi connectivity index (χ2v) is 6.11. The van der Waals surface area contributed by atoms with Gasteiger partial charge in [0.1, 0.15) is 17.9 Å². The zero-order valence-electron chi connectivity index (χ0n) is 9.63. The average molecular weight is 246 g/mol. The summed E-state index contributed by atoms with van der Waals surface area (Å²) < 4.78 is 25.4. The van der Waals surface area contributed by atoms with Crippen LogP contribution in [0.15, 0.2) is 6.33 Å². The van der Waals surface area contributed by atoms with Crippen molar-refractivity contribution in [2.24, 2.45) is 5.73 Å². The smallest absolute Gasteiger partial charge is 0.160 e. The van der Waals surface area contributed by atoms with E-state index in [0.29, 0.717) is 25.3 Å². The van der Waals surface area contributed by atoms with Gasteiger partial charge in [0.25, 0.3) is 0 Å². The van der Waals surface area contributed by atoms with E-state index in [1.165, 1.54) is 6.33 Å². The molecule has 0 radical (unpaired) electrons. The average Bonchev–Trinajstić information content (AvgIpc) is 2.64. The van der Waals surface area contributed by atoms with Crippen LogP contribution >= 0.6 is 0 Å². The Morgan fingerprint density at radius 3 is 2.81 bits per heavy atom. The molecule has 0 aromatic carbocycles. The Kier molecular flexibility index (Phi) is 4.43. The SMILES string of the molecule is CCn1ncnc1CS(=O)(=O)C(C)CCN. The molecule has 0 bridgehead atoms. The first kappa shape index (κ1) is 13.1. The van der Waals surface area contributed by atoms with Crippen molar-refractivity contribution in [3.63, 3.8) is 0 Å². The lowest BCUT2D eigenvalue weighted by Crippen LogP contribution is -2.24. The van der Waals surface area contributed by atoms with E-state index in [-0.39, 0.29) is 5.75 Å². The first-order chi connectivity index (χ1) is 7.51. The fraction of sp³-hybridized carbons (Fsp3) is 0.778. The number of hydrogen-bond acceptors (Lipinski definition) is 5. The number of nitrogens with two attached hydrogens (primary N) is 1. The Labute approximate surface area is 95.8 Å². The number of rotatable bonds is 6. The van der Waals surface area contributed by atoms with Crippen LogP contribution in [0, 0.1) is 0 Å². The summed E-state index contributed by atoms with van der Waals surface area (Å²) in [6.07, 6.45) is 1.85. The first-order valence-electron chi connectivity index (χ1n) is 5.29. The van der Waals surface area contributed by atoms with Gasteiger partial charge in [-0.2, -0.15) is 5.10 Å². The van der Waals surface area contributed by atoms with Crippen molar-refractivity contribution in [2.75, 3.05) is 6.54 Å². The lowest BCUT2D eigenvalue weighted by Gasteiger charge is -2.11. The molecule has 16 heavy (non-hydrogen) atoms. The summed E-state index contributed by atoms with van der Waals surface area (Å²) in [5.74, 6) is 0.425. The normalized spacial score (nSPS) is 13.9. The first-order valence-corrected chi connectivity index (χ1v) is 7.01. The van der Waals surface area contributed by atoms with Crippen molar-refractivity contribution in [1.29, 1.82) is 0 Å². The lowest BCUT2D eigenvalue weighted by molar-refractivity contribution is 0.568. The molecular weight excluding hydrogens is 228 g/mol. The van der Waals surface area contributed by atoms with Crippen molar-refractivity contribution in [1.82, 2.24) is 14.8 Å². The third-order valence-corrected chi connectivity index (χ3v) is 4.63. The van der Waals surface area contributed by atoms with Gasteiger partial charge in [0, 0.05) is 6.54 Å². The summed E-state index contributed by atoms with van der Waals surface area (Å²) in [6.45, 7) is 4.57. The van der Waals surface area contributed by atoms with Crippen LogP contribution in [0.1, 0.15) is 26.1 Å². The molecule has 1 unspecified atom stereocenters. The van der Waals surface area contributed by atoms with E-state index in [2.05, 4.69) is 10.1 Å². The van der Waals surface area contributed by atoms with Gasteiger partial charge in [-0.25, -0.2) is 18.1 Å². The van der Waals surface area contributed by atoms with Gasteiger partial charge in [0.15, 0.2) is 9.84 Å². The molecule has 1 atom stereocenters. The molecule has 0 aliphatic carbocycles. The summed E-state index contributed by atoms with van der Waals surface area (Å²) in [4.78, 5) is 3.96. The summed E-state index contributed by atoms with van der Waals surface area (Å²) in [6, 6.07) is 0. The maximum Gasteiger partial charge on any atom is 0.160 e. The second-order valence-electron chi connectivity index (χ2n) is 3.69. The maximum atomic E-state index is 11.9. The topological polar surface area (TPSA) is 90.9 Å². The fourth-order valence-corrected chi connectivity index (χ4v) is 2.76. The molecule has 1 rings (SSSR count). The van der Waals surface area contributed by atoms with Crippen molar-refractivity contribution in [2.45, 2.75) is 37.8 Å². The summed E-state index contributed by atoms with van der Waals surface area (Å²) in [5, 5.41) is 3.51. The zero-order valence-corrected chi connectivity index (χ0v) is 10.4. The molecular formula is C9H18N4O2S. The second kappa shape index (κ2) is 5.40. The van der Waals surface area contributed by atoms with Crippen LogP contribution in [-0.4, -0.2) is 35.0 Å². The van der Waals surface area contributed by atoms with Crippen LogP contribution in [0.2, 0.25) is 0 Å².